The number of hydrogen-bond acceptors (Lipinski definition) is 5. The van der Waals surface area contributed by atoms with Crippen molar-refractivity contribution in [2.45, 2.75) is 0 Å². The van der Waals surface area contributed by atoms with Crippen LogP contribution in [0.3, 0.4) is 0 Å². The van der Waals surface area contributed by atoms with Crippen molar-refractivity contribution in [3.05, 3.63) is 121 Å². The van der Waals surface area contributed by atoms with E-state index in [-0.39, 0.29) is 0 Å². The van der Waals surface area contributed by atoms with Crippen molar-refractivity contribution >= 4 is 44.2 Å². The minimum absolute atomic E-state index is 0.599. The first kappa shape index (κ1) is 22.0. The van der Waals surface area contributed by atoms with Crippen LogP contribution in [0.25, 0.3) is 71.9 Å². The van der Waals surface area contributed by atoms with E-state index in [1.165, 1.54) is 10.8 Å². The van der Waals surface area contributed by atoms with Gasteiger partial charge in [-0.25, -0.2) is 9.97 Å². The summed E-state index contributed by atoms with van der Waals surface area (Å²) < 4.78 is 8.54. The molecule has 4 aromatic carbocycles. The fourth-order valence-corrected chi connectivity index (χ4v) is 5.90. The molecule has 0 saturated carbocycles. The standard InChI is InChI=1S/C33H20N4OS/c1-2-10-29-25(8-1)26-13-11-22(32-36-28-19-23(12-14-31(28)38-32)33-35-16-17-39-33)20-30(26)37(29)24-7-5-6-21(18-24)27-9-3-4-15-34-27/h1-20H. The zero-order valence-electron chi connectivity index (χ0n) is 20.7. The van der Waals surface area contributed by atoms with Crippen molar-refractivity contribution in [3.63, 3.8) is 0 Å². The molecule has 4 heterocycles. The van der Waals surface area contributed by atoms with Gasteiger partial charge in [0, 0.05) is 50.9 Å². The van der Waals surface area contributed by atoms with Crippen LogP contribution in [-0.4, -0.2) is 19.5 Å². The summed E-state index contributed by atoms with van der Waals surface area (Å²) in [6, 6.07) is 35.5. The lowest BCUT2D eigenvalue weighted by Gasteiger charge is -2.10. The van der Waals surface area contributed by atoms with E-state index in [0.29, 0.717) is 5.89 Å². The molecule has 0 N–H and O–H groups in total. The molecule has 4 aromatic heterocycles. The highest BCUT2D eigenvalue weighted by molar-refractivity contribution is 7.13. The van der Waals surface area contributed by atoms with E-state index in [2.05, 4.69) is 81.3 Å². The van der Waals surface area contributed by atoms with Gasteiger partial charge in [0.15, 0.2) is 5.58 Å². The summed E-state index contributed by atoms with van der Waals surface area (Å²) in [4.78, 5) is 13.9. The lowest BCUT2D eigenvalue weighted by atomic mass is 10.1. The van der Waals surface area contributed by atoms with Gasteiger partial charge in [-0.2, -0.15) is 0 Å². The van der Waals surface area contributed by atoms with Gasteiger partial charge < -0.3 is 8.98 Å². The number of hydrogen-bond donors (Lipinski definition) is 0. The Kier molecular flexibility index (Phi) is 4.93. The molecular formula is C33H20N4OS. The van der Waals surface area contributed by atoms with E-state index < -0.39 is 0 Å². The fourth-order valence-electron chi connectivity index (χ4n) is 5.27. The van der Waals surface area contributed by atoms with Gasteiger partial charge in [-0.15, -0.1) is 11.3 Å². The average molecular weight is 521 g/mol. The van der Waals surface area contributed by atoms with Gasteiger partial charge in [0.1, 0.15) is 10.5 Å². The van der Waals surface area contributed by atoms with Crippen LogP contribution >= 0.6 is 11.3 Å². The van der Waals surface area contributed by atoms with Gasteiger partial charge in [0.05, 0.1) is 16.7 Å². The molecule has 0 radical (unpaired) electrons. The molecule has 0 saturated heterocycles. The fraction of sp³-hybridized carbons (Fsp3) is 0. The van der Waals surface area contributed by atoms with E-state index in [1.54, 1.807) is 11.3 Å². The Hall–Kier alpha value is -5.07. The molecule has 0 aliphatic rings. The number of thiazole rings is 1. The number of pyridine rings is 1. The van der Waals surface area contributed by atoms with Crippen molar-refractivity contribution < 1.29 is 4.42 Å². The normalized spacial score (nSPS) is 11.6. The van der Waals surface area contributed by atoms with Crippen molar-refractivity contribution in [3.8, 4) is 39.0 Å². The van der Waals surface area contributed by atoms with Crippen molar-refractivity contribution in [2.24, 2.45) is 0 Å². The molecule has 0 amide bonds. The van der Waals surface area contributed by atoms with E-state index in [1.807, 2.05) is 54.2 Å². The number of nitrogens with zero attached hydrogens (tertiary/aromatic N) is 4. The van der Waals surface area contributed by atoms with Crippen LogP contribution in [0.5, 0.6) is 0 Å². The zero-order valence-corrected chi connectivity index (χ0v) is 21.5. The predicted molar refractivity (Wildman–Crippen MR) is 158 cm³/mol. The van der Waals surface area contributed by atoms with Gasteiger partial charge >= 0.3 is 0 Å². The molecule has 0 spiro atoms. The molecule has 6 heteroatoms. The summed E-state index contributed by atoms with van der Waals surface area (Å²) in [5, 5.41) is 5.33. The van der Waals surface area contributed by atoms with Crippen LogP contribution in [0.1, 0.15) is 0 Å². The third-order valence-electron chi connectivity index (χ3n) is 7.05. The number of rotatable bonds is 4. The van der Waals surface area contributed by atoms with Gasteiger partial charge in [-0.05, 0) is 60.7 Å². The second-order valence-electron chi connectivity index (χ2n) is 9.39. The molecule has 8 aromatic rings. The Labute approximate surface area is 227 Å². The first-order valence-electron chi connectivity index (χ1n) is 12.7. The first-order chi connectivity index (χ1) is 19.3. The summed E-state index contributed by atoms with van der Waals surface area (Å²) >= 11 is 1.61. The SMILES string of the molecule is c1ccc(-c2cccc(-n3c4ccccc4c4ccc(-c5nc6cc(-c7nccs7)ccc6o5)cc43)c2)nc1. The highest BCUT2D eigenvalue weighted by Crippen LogP contribution is 2.36. The second-order valence-corrected chi connectivity index (χ2v) is 10.3. The topological polar surface area (TPSA) is 56.7 Å². The van der Waals surface area contributed by atoms with Gasteiger partial charge in [0.2, 0.25) is 5.89 Å². The summed E-state index contributed by atoms with van der Waals surface area (Å²) in [7, 11) is 0. The van der Waals surface area contributed by atoms with E-state index in [9.17, 15) is 0 Å². The molecular weight excluding hydrogens is 500 g/mol. The Morgan fingerprint density at radius 2 is 1.54 bits per heavy atom. The Morgan fingerprint density at radius 3 is 2.44 bits per heavy atom. The van der Waals surface area contributed by atoms with Gasteiger partial charge in [-0.3, -0.25) is 4.98 Å². The van der Waals surface area contributed by atoms with Gasteiger partial charge in [0.25, 0.3) is 0 Å². The maximum Gasteiger partial charge on any atom is 0.227 e. The number of aromatic nitrogens is 4. The predicted octanol–water partition coefficient (Wildman–Crippen LogP) is 8.78. The quantitative estimate of drug-likeness (QED) is 0.233. The average Bonchev–Trinajstić information content (AvgIpc) is 3.75. The minimum atomic E-state index is 0.599. The highest BCUT2D eigenvalue weighted by atomic mass is 32.1. The summed E-state index contributed by atoms with van der Waals surface area (Å²) in [6.07, 6.45) is 3.65. The summed E-state index contributed by atoms with van der Waals surface area (Å²) in [5.74, 6) is 0.599. The molecule has 5 nitrogen and oxygen atoms in total. The molecule has 39 heavy (non-hydrogen) atoms. The smallest absolute Gasteiger partial charge is 0.227 e. The Balaban J connectivity index is 1.31. The van der Waals surface area contributed by atoms with E-state index >= 15 is 0 Å². The third kappa shape index (κ3) is 3.65. The van der Waals surface area contributed by atoms with E-state index in [0.717, 1.165) is 55.2 Å². The van der Waals surface area contributed by atoms with Crippen LogP contribution in [0, 0.1) is 0 Å². The highest BCUT2D eigenvalue weighted by Gasteiger charge is 2.16. The van der Waals surface area contributed by atoms with Crippen molar-refractivity contribution in [2.75, 3.05) is 0 Å². The Bertz CT molecular complexity index is 2120. The first-order valence-corrected chi connectivity index (χ1v) is 13.6. The molecule has 0 aliphatic carbocycles. The van der Waals surface area contributed by atoms with Crippen LogP contribution in [0.4, 0.5) is 0 Å². The number of oxazole rings is 1. The third-order valence-corrected chi connectivity index (χ3v) is 7.87. The van der Waals surface area contributed by atoms with E-state index in [4.69, 9.17) is 9.40 Å². The maximum absolute atomic E-state index is 6.23. The van der Waals surface area contributed by atoms with Crippen LogP contribution in [0.2, 0.25) is 0 Å². The maximum atomic E-state index is 6.23. The number of benzene rings is 4. The number of fused-ring (bicyclic) bond motifs is 4. The molecule has 8 rings (SSSR count). The molecule has 184 valence electrons. The van der Waals surface area contributed by atoms with Crippen molar-refractivity contribution in [1.29, 1.82) is 0 Å². The number of para-hydroxylation sites is 1. The van der Waals surface area contributed by atoms with Crippen LogP contribution < -0.4 is 0 Å². The summed E-state index contributed by atoms with van der Waals surface area (Å²) in [6.45, 7) is 0. The second kappa shape index (κ2) is 8.75. The minimum Gasteiger partial charge on any atom is -0.436 e. The Morgan fingerprint density at radius 1 is 0.641 bits per heavy atom. The monoisotopic (exact) mass is 520 g/mol. The molecule has 0 atom stereocenters. The summed E-state index contributed by atoms with van der Waals surface area (Å²) in [5.41, 5.74) is 8.89. The molecule has 0 bridgehead atoms. The lowest BCUT2D eigenvalue weighted by molar-refractivity contribution is 0.620. The van der Waals surface area contributed by atoms with Crippen molar-refractivity contribution in [1.82, 2.24) is 19.5 Å². The molecule has 0 fully saturated rings. The van der Waals surface area contributed by atoms with Gasteiger partial charge in [-0.1, -0.05) is 42.5 Å². The van der Waals surface area contributed by atoms with Crippen LogP contribution in [-0.2, 0) is 0 Å². The zero-order chi connectivity index (χ0) is 25.8. The lowest BCUT2D eigenvalue weighted by Crippen LogP contribution is -1.95. The largest absolute Gasteiger partial charge is 0.436 e. The molecule has 0 unspecified atom stereocenters. The van der Waals surface area contributed by atoms with Crippen LogP contribution in [0.15, 0.2) is 125 Å². The molecule has 0 aliphatic heterocycles.